The maximum atomic E-state index is 11.0. The molecule has 0 heterocycles. The topological polar surface area (TPSA) is 113 Å². The fourth-order valence-corrected chi connectivity index (χ4v) is 2.26. The second-order valence-electron chi connectivity index (χ2n) is 4.06. The van der Waals surface area contributed by atoms with Crippen molar-refractivity contribution in [3.05, 3.63) is 57.1 Å². The molecule has 0 aliphatic carbocycles. The van der Waals surface area contributed by atoms with Crippen molar-refractivity contribution in [1.82, 2.24) is 0 Å². The molecule has 2 aromatic rings. The predicted molar refractivity (Wildman–Crippen MR) is 76.9 cm³/mol. The van der Waals surface area contributed by atoms with Crippen LogP contribution in [0.1, 0.15) is 5.56 Å². The maximum Gasteiger partial charge on any atom is 0.511 e. The average molecular weight is 319 g/mol. The summed E-state index contributed by atoms with van der Waals surface area (Å²) in [6, 6.07) is 11.1. The molecule has 0 bridgehead atoms. The smallest absolute Gasteiger partial charge is 0.449 e. The van der Waals surface area contributed by atoms with Crippen LogP contribution in [0.2, 0.25) is 5.02 Å². The van der Waals surface area contributed by atoms with Crippen molar-refractivity contribution < 1.29 is 19.6 Å². The molecule has 110 valence electrons. The maximum absolute atomic E-state index is 11.0. The number of hydrogen-bond acceptors (Lipinski definition) is 5. The number of halogens is 1. The van der Waals surface area contributed by atoms with E-state index in [-0.39, 0.29) is 16.1 Å². The van der Waals surface area contributed by atoms with Gasteiger partial charge in [0, 0.05) is 11.6 Å². The third-order valence-electron chi connectivity index (χ3n) is 2.77. The number of nitrogens with zero attached hydrogens (tertiary/aromatic N) is 2. The summed E-state index contributed by atoms with van der Waals surface area (Å²) in [7, 11) is 0. The van der Waals surface area contributed by atoms with Gasteiger partial charge in [-0.1, -0.05) is 41.9 Å². The van der Waals surface area contributed by atoms with Crippen molar-refractivity contribution in [3.63, 3.8) is 0 Å². The first-order chi connectivity index (χ1) is 10.5. The number of hydrogen-bond donors (Lipinski definition) is 1. The van der Waals surface area contributed by atoms with Crippen LogP contribution in [0.4, 0.5) is 10.5 Å². The van der Waals surface area contributed by atoms with Crippen LogP contribution in [0, 0.1) is 21.4 Å². The van der Waals surface area contributed by atoms with E-state index in [0.29, 0.717) is 5.56 Å². The van der Waals surface area contributed by atoms with E-state index in [4.69, 9.17) is 16.7 Å². The Hall–Kier alpha value is -3.11. The van der Waals surface area contributed by atoms with E-state index >= 15 is 0 Å². The molecule has 0 unspecified atom stereocenters. The predicted octanol–water partition coefficient (Wildman–Crippen LogP) is 3.84. The molecule has 0 aliphatic heterocycles. The molecule has 0 aliphatic rings. The van der Waals surface area contributed by atoms with Crippen LogP contribution in [0.15, 0.2) is 36.4 Å². The Bertz CT molecular complexity index is 799. The molecule has 8 heteroatoms. The Morgan fingerprint density at radius 3 is 2.50 bits per heavy atom. The Labute approximate surface area is 129 Å². The molecule has 0 saturated heterocycles. The van der Waals surface area contributed by atoms with E-state index in [1.807, 2.05) is 6.07 Å². The fourth-order valence-electron chi connectivity index (χ4n) is 1.91. The van der Waals surface area contributed by atoms with Gasteiger partial charge in [0.15, 0.2) is 0 Å². The first-order valence-corrected chi connectivity index (χ1v) is 6.20. The van der Waals surface area contributed by atoms with Crippen molar-refractivity contribution in [1.29, 1.82) is 5.26 Å². The van der Waals surface area contributed by atoms with Gasteiger partial charge in [-0.15, -0.1) is 0 Å². The molecule has 2 aromatic carbocycles. The molecular formula is C14H7ClN2O5. The van der Waals surface area contributed by atoms with Gasteiger partial charge in [-0.05, 0) is 5.56 Å². The highest BCUT2D eigenvalue weighted by molar-refractivity contribution is 6.35. The third-order valence-corrected chi connectivity index (χ3v) is 3.13. The van der Waals surface area contributed by atoms with E-state index in [0.717, 1.165) is 6.07 Å². The Morgan fingerprint density at radius 2 is 2.00 bits per heavy atom. The zero-order valence-electron chi connectivity index (χ0n) is 10.8. The number of nitro groups is 1. The quantitative estimate of drug-likeness (QED) is 0.398. The Balaban J connectivity index is 2.82. The normalized spacial score (nSPS) is 9.82. The van der Waals surface area contributed by atoms with Gasteiger partial charge < -0.3 is 9.84 Å². The summed E-state index contributed by atoms with van der Waals surface area (Å²) in [5.41, 5.74) is -0.0647. The van der Waals surface area contributed by atoms with Crippen LogP contribution in [0.25, 0.3) is 11.1 Å². The van der Waals surface area contributed by atoms with Gasteiger partial charge in [-0.25, -0.2) is 4.79 Å². The SMILES string of the molecule is N#Cc1cc([N+](=O)[O-])c(OC(=O)O)c(Cl)c1-c1ccccc1. The van der Waals surface area contributed by atoms with Crippen molar-refractivity contribution in [2.75, 3.05) is 0 Å². The zero-order chi connectivity index (χ0) is 16.3. The van der Waals surface area contributed by atoms with E-state index in [2.05, 4.69) is 4.74 Å². The minimum absolute atomic E-state index is 0.0550. The van der Waals surface area contributed by atoms with Crippen molar-refractivity contribution in [3.8, 4) is 22.9 Å². The van der Waals surface area contributed by atoms with Gasteiger partial charge in [0.2, 0.25) is 5.75 Å². The van der Waals surface area contributed by atoms with Crippen molar-refractivity contribution in [2.45, 2.75) is 0 Å². The van der Waals surface area contributed by atoms with E-state index in [1.165, 1.54) is 0 Å². The highest BCUT2D eigenvalue weighted by atomic mass is 35.5. The molecule has 1 N–H and O–H groups in total. The van der Waals surface area contributed by atoms with Gasteiger partial charge in [-0.3, -0.25) is 10.1 Å². The molecule has 22 heavy (non-hydrogen) atoms. The summed E-state index contributed by atoms with van der Waals surface area (Å²) in [6.45, 7) is 0. The standard InChI is InChI=1S/C14H7ClN2O5/c15-12-11(8-4-2-1-3-5-8)9(7-16)6-10(17(20)21)13(12)22-14(18)19/h1-6H,(H,18,19). The lowest BCUT2D eigenvalue weighted by Gasteiger charge is -2.11. The highest BCUT2D eigenvalue weighted by Crippen LogP contribution is 2.44. The number of carbonyl (C=O) groups is 1. The number of ether oxygens (including phenoxy) is 1. The van der Waals surface area contributed by atoms with Crippen LogP contribution in [-0.4, -0.2) is 16.2 Å². The second-order valence-corrected chi connectivity index (χ2v) is 4.44. The summed E-state index contributed by atoms with van der Waals surface area (Å²) in [5.74, 6) is -0.614. The minimum Gasteiger partial charge on any atom is -0.449 e. The molecule has 0 amide bonds. The molecule has 0 aromatic heterocycles. The number of carboxylic acid groups (broad SMARTS) is 1. The molecule has 2 rings (SSSR count). The van der Waals surface area contributed by atoms with Gasteiger partial charge in [-0.2, -0.15) is 5.26 Å². The summed E-state index contributed by atoms with van der Waals surface area (Å²) in [6.07, 6.45) is -1.74. The van der Waals surface area contributed by atoms with Crippen LogP contribution >= 0.6 is 11.6 Å². The zero-order valence-corrected chi connectivity index (χ0v) is 11.6. The Kier molecular flexibility index (Phi) is 4.25. The molecule has 0 radical (unpaired) electrons. The molecule has 0 saturated carbocycles. The lowest BCUT2D eigenvalue weighted by atomic mass is 9.99. The van der Waals surface area contributed by atoms with Gasteiger partial charge >= 0.3 is 11.8 Å². The first kappa shape index (κ1) is 15.3. The van der Waals surface area contributed by atoms with Gasteiger partial charge in [0.05, 0.1) is 15.5 Å². The first-order valence-electron chi connectivity index (χ1n) is 5.83. The van der Waals surface area contributed by atoms with Crippen LogP contribution in [0.3, 0.4) is 0 Å². The second kappa shape index (κ2) is 6.11. The largest absolute Gasteiger partial charge is 0.511 e. The number of nitriles is 1. The lowest BCUT2D eigenvalue weighted by Crippen LogP contribution is -2.07. The number of nitro benzene ring substituents is 1. The molecule has 7 nitrogen and oxygen atoms in total. The molecule has 0 spiro atoms. The van der Waals surface area contributed by atoms with E-state index in [1.54, 1.807) is 30.3 Å². The third kappa shape index (κ3) is 2.82. The van der Waals surface area contributed by atoms with E-state index < -0.39 is 22.5 Å². The summed E-state index contributed by atoms with van der Waals surface area (Å²) in [4.78, 5) is 20.9. The molecular weight excluding hydrogens is 312 g/mol. The van der Waals surface area contributed by atoms with Crippen LogP contribution < -0.4 is 4.74 Å². The molecule has 0 atom stereocenters. The van der Waals surface area contributed by atoms with Crippen LogP contribution in [0.5, 0.6) is 5.75 Å². The average Bonchev–Trinajstić information content (AvgIpc) is 2.49. The summed E-state index contributed by atoms with van der Waals surface area (Å²) in [5, 5.41) is 28.6. The van der Waals surface area contributed by atoms with Crippen molar-refractivity contribution >= 4 is 23.4 Å². The van der Waals surface area contributed by atoms with Gasteiger partial charge in [0.25, 0.3) is 0 Å². The van der Waals surface area contributed by atoms with Gasteiger partial charge in [0.1, 0.15) is 6.07 Å². The number of rotatable bonds is 3. The van der Waals surface area contributed by atoms with Crippen LogP contribution in [-0.2, 0) is 0 Å². The monoisotopic (exact) mass is 318 g/mol. The molecule has 0 fully saturated rings. The minimum atomic E-state index is -1.74. The Morgan fingerprint density at radius 1 is 1.36 bits per heavy atom. The van der Waals surface area contributed by atoms with Crippen molar-refractivity contribution in [2.24, 2.45) is 0 Å². The summed E-state index contributed by atoms with van der Waals surface area (Å²) < 4.78 is 4.43. The van der Waals surface area contributed by atoms with E-state index in [9.17, 15) is 20.2 Å². The highest BCUT2D eigenvalue weighted by Gasteiger charge is 2.27. The fraction of sp³-hybridized carbons (Fsp3) is 0. The number of benzene rings is 2. The lowest BCUT2D eigenvalue weighted by molar-refractivity contribution is -0.385. The summed E-state index contributed by atoms with van der Waals surface area (Å²) >= 11 is 6.08.